The number of nitrogen functional groups attached to an aromatic ring is 1. The van der Waals surface area contributed by atoms with Crippen molar-refractivity contribution in [2.24, 2.45) is 11.7 Å². The molecule has 8 nitrogen and oxygen atoms in total. The minimum absolute atomic E-state index is 0.0638. The fourth-order valence-electron chi connectivity index (χ4n) is 2.64. The topological polar surface area (TPSA) is 131 Å². The van der Waals surface area contributed by atoms with Crippen LogP contribution in [0.2, 0.25) is 5.02 Å². The van der Waals surface area contributed by atoms with Gasteiger partial charge in [0.05, 0.1) is 10.7 Å². The summed E-state index contributed by atoms with van der Waals surface area (Å²) in [4.78, 5) is 38.5. The second-order valence-electron chi connectivity index (χ2n) is 7.06. The van der Waals surface area contributed by atoms with Gasteiger partial charge in [0.15, 0.2) is 5.69 Å². The molecule has 0 bridgehead atoms. The molecule has 3 amide bonds. The van der Waals surface area contributed by atoms with Crippen LogP contribution < -0.4 is 21.7 Å². The fraction of sp³-hybridized carbons (Fsp3) is 0.368. The number of aromatic nitrogens is 1. The van der Waals surface area contributed by atoms with E-state index in [0.29, 0.717) is 24.0 Å². The van der Waals surface area contributed by atoms with E-state index in [1.54, 1.807) is 0 Å². The molecule has 1 heterocycles. The van der Waals surface area contributed by atoms with Crippen LogP contribution in [0.5, 0.6) is 0 Å². The molecule has 1 atom stereocenters. The third kappa shape index (κ3) is 5.25. The van der Waals surface area contributed by atoms with Crippen molar-refractivity contribution in [3.05, 3.63) is 39.6 Å². The third-order valence-corrected chi connectivity index (χ3v) is 5.48. The van der Waals surface area contributed by atoms with Gasteiger partial charge in [0.25, 0.3) is 11.8 Å². The number of benzene rings is 1. The first-order valence-electron chi connectivity index (χ1n) is 9.15. The molecule has 2 rings (SSSR count). The largest absolute Gasteiger partial charge is 0.395 e. The van der Waals surface area contributed by atoms with Crippen LogP contribution in [0, 0.1) is 11.7 Å². The van der Waals surface area contributed by atoms with E-state index in [2.05, 4.69) is 9.69 Å². The lowest BCUT2D eigenvalue weighted by Crippen LogP contribution is -2.48. The monoisotopic (exact) mass is 455 g/mol. The molecule has 1 aromatic carbocycles. The lowest BCUT2D eigenvalue weighted by atomic mass is 10.1. The van der Waals surface area contributed by atoms with Gasteiger partial charge in [-0.25, -0.2) is 4.39 Å². The summed E-state index contributed by atoms with van der Waals surface area (Å²) in [6.07, 6.45) is 0.762. The number of halogens is 2. The van der Waals surface area contributed by atoms with Crippen molar-refractivity contribution in [3.8, 4) is 0 Å². The molecule has 30 heavy (non-hydrogen) atoms. The lowest BCUT2D eigenvalue weighted by molar-refractivity contribution is -0.122. The first-order chi connectivity index (χ1) is 14.0. The van der Waals surface area contributed by atoms with E-state index in [1.807, 2.05) is 13.8 Å². The van der Waals surface area contributed by atoms with E-state index < -0.39 is 29.6 Å². The Morgan fingerprint density at radius 2 is 1.97 bits per heavy atom. The first kappa shape index (κ1) is 23.6. The Labute approximate surface area is 182 Å². The smallest absolute Gasteiger partial charge is 0.272 e. The summed E-state index contributed by atoms with van der Waals surface area (Å²) >= 11 is 6.57. The van der Waals surface area contributed by atoms with Crippen LogP contribution in [0.15, 0.2) is 18.2 Å². The fourth-order valence-corrected chi connectivity index (χ4v) is 3.56. The van der Waals surface area contributed by atoms with Crippen LogP contribution in [0.4, 0.5) is 15.8 Å². The number of amides is 3. The van der Waals surface area contributed by atoms with Gasteiger partial charge in [-0.15, -0.1) is 0 Å². The number of rotatable bonds is 8. The Kier molecular flexibility index (Phi) is 7.74. The zero-order chi connectivity index (χ0) is 22.6. The van der Waals surface area contributed by atoms with Crippen molar-refractivity contribution < 1.29 is 18.8 Å². The summed E-state index contributed by atoms with van der Waals surface area (Å²) < 4.78 is 17.5. The van der Waals surface area contributed by atoms with Crippen molar-refractivity contribution in [1.82, 2.24) is 9.69 Å². The summed E-state index contributed by atoms with van der Waals surface area (Å²) in [5.41, 5.74) is 10.9. The molecule has 0 aliphatic carbocycles. The van der Waals surface area contributed by atoms with Crippen LogP contribution in [0.1, 0.15) is 47.4 Å². The molecule has 0 unspecified atom stereocenters. The lowest BCUT2D eigenvalue weighted by Gasteiger charge is -2.28. The third-order valence-electron chi connectivity index (χ3n) is 4.34. The number of primary amides is 1. The van der Waals surface area contributed by atoms with Gasteiger partial charge in [-0.3, -0.25) is 19.3 Å². The maximum atomic E-state index is 13.7. The average Bonchev–Trinajstić information content (AvgIpc) is 3.05. The highest BCUT2D eigenvalue weighted by atomic mass is 35.5. The number of carbonyl (C=O) groups is 3. The highest BCUT2D eigenvalue weighted by Crippen LogP contribution is 2.29. The SMILES string of the molecule is CC(C)CCNC(=O)[C@H](C)N(C(=O)c1snc(C(N)=O)c1N)c1ccc(F)c(Cl)c1. The van der Waals surface area contributed by atoms with Crippen molar-refractivity contribution in [2.45, 2.75) is 33.2 Å². The van der Waals surface area contributed by atoms with Gasteiger partial charge in [-0.2, -0.15) is 4.37 Å². The van der Waals surface area contributed by atoms with Crippen molar-refractivity contribution in [2.75, 3.05) is 17.2 Å². The Hall–Kier alpha value is -2.72. The summed E-state index contributed by atoms with van der Waals surface area (Å²) in [6.45, 7) is 6.00. The molecule has 2 aromatic rings. The van der Waals surface area contributed by atoms with Crippen molar-refractivity contribution in [3.63, 3.8) is 0 Å². The van der Waals surface area contributed by atoms with E-state index in [4.69, 9.17) is 23.1 Å². The maximum absolute atomic E-state index is 13.7. The zero-order valence-electron chi connectivity index (χ0n) is 16.7. The number of hydrogen-bond acceptors (Lipinski definition) is 6. The Bertz CT molecular complexity index is 966. The molecule has 0 saturated heterocycles. The molecule has 0 fully saturated rings. The highest BCUT2D eigenvalue weighted by Gasteiger charge is 2.32. The molecule has 11 heteroatoms. The number of nitrogens with one attached hydrogen (secondary N) is 1. The molecule has 0 radical (unpaired) electrons. The van der Waals surface area contributed by atoms with Gasteiger partial charge < -0.3 is 16.8 Å². The van der Waals surface area contributed by atoms with Crippen LogP contribution in [0.25, 0.3) is 0 Å². The van der Waals surface area contributed by atoms with Gasteiger partial charge in [-0.05, 0) is 49.0 Å². The van der Waals surface area contributed by atoms with E-state index in [9.17, 15) is 18.8 Å². The second kappa shape index (κ2) is 9.86. The predicted octanol–water partition coefficient (Wildman–Crippen LogP) is 2.81. The second-order valence-corrected chi connectivity index (χ2v) is 8.24. The average molecular weight is 456 g/mol. The minimum Gasteiger partial charge on any atom is -0.395 e. The summed E-state index contributed by atoms with van der Waals surface area (Å²) in [5.74, 6) is -2.26. The molecule has 0 aliphatic heterocycles. The molecular weight excluding hydrogens is 433 g/mol. The maximum Gasteiger partial charge on any atom is 0.272 e. The molecule has 162 valence electrons. The Morgan fingerprint density at radius 1 is 1.30 bits per heavy atom. The van der Waals surface area contributed by atoms with Crippen LogP contribution in [0.3, 0.4) is 0 Å². The van der Waals surface area contributed by atoms with Gasteiger partial charge >= 0.3 is 0 Å². The number of anilines is 2. The predicted molar refractivity (Wildman–Crippen MR) is 115 cm³/mol. The standard InChI is InChI=1S/C19H23ClFN5O3S/c1-9(2)6-7-24-18(28)10(3)26(11-4-5-13(21)12(20)8-11)19(29)16-14(22)15(17(23)27)25-30-16/h4-5,8-10H,6-7,22H2,1-3H3,(H2,23,27)(H,24,28)/t10-/m0/s1. The van der Waals surface area contributed by atoms with E-state index in [1.165, 1.54) is 19.1 Å². The number of hydrogen-bond donors (Lipinski definition) is 3. The van der Waals surface area contributed by atoms with Crippen LogP contribution in [-0.2, 0) is 4.79 Å². The molecule has 0 saturated carbocycles. The number of nitrogens with zero attached hydrogens (tertiary/aromatic N) is 2. The Morgan fingerprint density at radius 3 is 2.50 bits per heavy atom. The summed E-state index contributed by atoms with van der Waals surface area (Å²) in [7, 11) is 0. The van der Waals surface area contributed by atoms with E-state index in [-0.39, 0.29) is 27.0 Å². The summed E-state index contributed by atoms with van der Waals surface area (Å²) in [5, 5.41) is 2.56. The van der Waals surface area contributed by atoms with Crippen molar-refractivity contribution in [1.29, 1.82) is 0 Å². The first-order valence-corrected chi connectivity index (χ1v) is 10.3. The zero-order valence-corrected chi connectivity index (χ0v) is 18.3. The number of carbonyl (C=O) groups excluding carboxylic acids is 3. The number of nitrogens with two attached hydrogens (primary N) is 2. The van der Waals surface area contributed by atoms with Gasteiger partial charge in [0.2, 0.25) is 5.91 Å². The minimum atomic E-state index is -0.982. The van der Waals surface area contributed by atoms with Crippen LogP contribution in [-0.4, -0.2) is 34.7 Å². The van der Waals surface area contributed by atoms with E-state index >= 15 is 0 Å². The molecule has 0 spiro atoms. The quantitative estimate of drug-likeness (QED) is 0.563. The van der Waals surface area contributed by atoms with E-state index in [0.717, 1.165) is 17.4 Å². The normalized spacial score (nSPS) is 11.9. The van der Waals surface area contributed by atoms with Gasteiger partial charge in [-0.1, -0.05) is 25.4 Å². The van der Waals surface area contributed by atoms with Gasteiger partial charge in [0.1, 0.15) is 16.7 Å². The highest BCUT2D eigenvalue weighted by molar-refractivity contribution is 7.09. The Balaban J connectivity index is 2.43. The van der Waals surface area contributed by atoms with Gasteiger partial charge in [0, 0.05) is 12.2 Å². The molecule has 5 N–H and O–H groups in total. The van der Waals surface area contributed by atoms with Crippen LogP contribution >= 0.6 is 23.1 Å². The summed E-state index contributed by atoms with van der Waals surface area (Å²) in [6, 6.07) is 2.67. The molecular formula is C19H23ClFN5O3S. The van der Waals surface area contributed by atoms with Crippen molar-refractivity contribution >= 4 is 52.2 Å². The molecule has 0 aliphatic rings. The molecule has 1 aromatic heterocycles.